The van der Waals surface area contributed by atoms with Crippen LogP contribution in [0.4, 0.5) is 0 Å². The van der Waals surface area contributed by atoms with Gasteiger partial charge in [0.05, 0.1) is 25.9 Å². The Bertz CT molecular complexity index is 1300. The van der Waals surface area contributed by atoms with Gasteiger partial charge in [-0.25, -0.2) is 9.13 Å². The predicted molar refractivity (Wildman–Crippen MR) is 217 cm³/mol. The third-order valence-electron chi connectivity index (χ3n) is 7.62. The van der Waals surface area contributed by atoms with Crippen LogP contribution in [-0.4, -0.2) is 81.6 Å². The Labute approximate surface area is 334 Å². The highest BCUT2D eigenvalue weighted by atomic mass is 31.2. The van der Waals surface area contributed by atoms with Crippen LogP contribution >= 0.6 is 15.6 Å². The van der Waals surface area contributed by atoms with Gasteiger partial charge in [0.15, 0.2) is 6.10 Å². The Morgan fingerprint density at radius 3 is 1.88 bits per heavy atom. The van der Waals surface area contributed by atoms with Crippen LogP contribution in [0.3, 0.4) is 0 Å². The van der Waals surface area contributed by atoms with Crippen molar-refractivity contribution < 1.29 is 66.7 Å². The number of hydrogen-bond donors (Lipinski definition) is 5. The molecule has 0 aliphatic carbocycles. The largest absolute Gasteiger partial charge is 0.472 e. The molecule has 0 rings (SSSR count). The summed E-state index contributed by atoms with van der Waals surface area (Å²) in [7, 11) is -9.72. The lowest BCUT2D eigenvalue weighted by Crippen LogP contribution is -2.29. The van der Waals surface area contributed by atoms with Crippen LogP contribution in [0.2, 0.25) is 0 Å². The third kappa shape index (κ3) is 38.4. The summed E-state index contributed by atoms with van der Waals surface area (Å²) in [6.07, 6.45) is 31.3. The lowest BCUT2D eigenvalue weighted by Gasteiger charge is -2.20. The number of allylic oxidation sites excluding steroid dienone is 10. The minimum absolute atomic E-state index is 0.0146. The second kappa shape index (κ2) is 34.6. The van der Waals surface area contributed by atoms with Crippen molar-refractivity contribution in [2.45, 2.75) is 135 Å². The number of carbonyl (C=O) groups is 2. The van der Waals surface area contributed by atoms with Crippen LogP contribution in [-0.2, 0) is 41.8 Å². The van der Waals surface area contributed by atoms with Crippen molar-refractivity contribution in [1.29, 1.82) is 0 Å². The first-order valence-corrected chi connectivity index (χ1v) is 22.6. The molecule has 0 amide bonds. The van der Waals surface area contributed by atoms with E-state index in [-0.39, 0.29) is 12.8 Å². The van der Waals surface area contributed by atoms with E-state index in [9.17, 15) is 33.8 Å². The second-order valence-electron chi connectivity index (χ2n) is 13.5. The zero-order valence-electron chi connectivity index (χ0n) is 33.5. The van der Waals surface area contributed by atoms with Gasteiger partial charge in [-0.1, -0.05) is 132 Å². The van der Waals surface area contributed by atoms with Crippen molar-refractivity contribution in [1.82, 2.24) is 0 Å². The normalized spacial score (nSPS) is 15.6. The molecule has 0 aliphatic heterocycles. The summed E-state index contributed by atoms with van der Waals surface area (Å²) in [4.78, 5) is 52.4. The average molecular weight is 835 g/mol. The number of phosphoric acid groups is 2. The quantitative estimate of drug-likeness (QED) is 0.0134. The molecule has 16 heteroatoms. The summed E-state index contributed by atoms with van der Waals surface area (Å²) in [5.74, 6) is -0.554. The maximum atomic E-state index is 12.6. The van der Waals surface area contributed by atoms with Crippen molar-refractivity contribution in [3.8, 4) is 0 Å². The molecular formula is C40H68O14P2. The van der Waals surface area contributed by atoms with Crippen molar-refractivity contribution >= 4 is 27.6 Å². The van der Waals surface area contributed by atoms with Crippen LogP contribution in [0.1, 0.15) is 117 Å². The number of aliphatic hydroxyl groups is 2. The van der Waals surface area contributed by atoms with Crippen molar-refractivity contribution in [2.24, 2.45) is 5.92 Å². The second-order valence-corrected chi connectivity index (χ2v) is 16.2. The average Bonchev–Trinajstić information content (AvgIpc) is 3.13. The Morgan fingerprint density at radius 2 is 1.23 bits per heavy atom. The van der Waals surface area contributed by atoms with Crippen LogP contribution in [0, 0.1) is 5.92 Å². The molecule has 0 aromatic heterocycles. The van der Waals surface area contributed by atoms with Gasteiger partial charge >= 0.3 is 27.6 Å². The first-order valence-electron chi connectivity index (χ1n) is 19.6. The summed E-state index contributed by atoms with van der Waals surface area (Å²) >= 11 is 0. The molecule has 0 aromatic rings. The summed E-state index contributed by atoms with van der Waals surface area (Å²) in [5, 5.41) is 19.9. The topological polar surface area (TPSA) is 216 Å². The van der Waals surface area contributed by atoms with Crippen molar-refractivity contribution in [3.63, 3.8) is 0 Å². The van der Waals surface area contributed by atoms with Gasteiger partial charge < -0.3 is 34.4 Å². The summed E-state index contributed by atoms with van der Waals surface area (Å²) < 4.78 is 47.4. The standard InChI is InChI=1S/C40H68O14P2/c1-4-5-6-7-8-9-10-11-12-13-14-18-22-27-36(41)28-23-20-25-29-39(43)50-33-38(54-40(44)30-24-19-16-15-17-21-26-35(2)3)34-53-56(48,49)52-32-37(42)31-51-55(45,46)47/h5-6,8-9,11-12,14,18,20,22-23,27,35-38,41-42H,4,7,10,13,15-17,19,21,24-26,28-34H2,1-3H3,(H,48,49)(H2,45,46,47)/b6-5-,9-8-,12-11-,18-14-,23-20-,27-22-/t36?,37-,38+/m0/s1. The first-order chi connectivity index (χ1) is 26.6. The molecule has 0 radical (unpaired) electrons. The van der Waals surface area contributed by atoms with E-state index in [1.165, 1.54) is 12.8 Å². The number of aliphatic hydroxyl groups excluding tert-OH is 2. The number of ether oxygens (including phenoxy) is 2. The molecule has 0 saturated carbocycles. The lowest BCUT2D eigenvalue weighted by molar-refractivity contribution is -0.161. The van der Waals surface area contributed by atoms with Gasteiger partial charge in [0.25, 0.3) is 0 Å². The molecule has 0 aromatic carbocycles. The molecule has 0 spiro atoms. The summed E-state index contributed by atoms with van der Waals surface area (Å²) in [6, 6.07) is 0. The summed E-state index contributed by atoms with van der Waals surface area (Å²) in [5.41, 5.74) is 0. The van der Waals surface area contributed by atoms with E-state index in [1.807, 2.05) is 12.2 Å². The van der Waals surface area contributed by atoms with Crippen LogP contribution in [0.25, 0.3) is 0 Å². The fraction of sp³-hybridized carbons (Fsp3) is 0.650. The third-order valence-corrected chi connectivity index (χ3v) is 9.06. The van der Waals surface area contributed by atoms with E-state index in [0.29, 0.717) is 25.2 Å². The van der Waals surface area contributed by atoms with Crippen LogP contribution in [0.5, 0.6) is 0 Å². The minimum atomic E-state index is -4.88. The molecule has 0 bridgehead atoms. The van der Waals surface area contributed by atoms with E-state index in [2.05, 4.69) is 66.3 Å². The Hall–Kier alpha value is -2.48. The smallest absolute Gasteiger partial charge is 0.462 e. The predicted octanol–water partition coefficient (Wildman–Crippen LogP) is 8.27. The molecule has 322 valence electrons. The van der Waals surface area contributed by atoms with E-state index in [4.69, 9.17) is 23.8 Å². The monoisotopic (exact) mass is 834 g/mol. The highest BCUT2D eigenvalue weighted by molar-refractivity contribution is 7.47. The number of phosphoric ester groups is 2. The zero-order chi connectivity index (χ0) is 41.9. The van der Waals surface area contributed by atoms with Gasteiger partial charge in [-0.15, -0.1) is 0 Å². The molecule has 56 heavy (non-hydrogen) atoms. The SMILES string of the molecule is CC/C=C\C/C=C\C/C=C\C/C=C\C=C/C(O)C/C=C\CCC(=O)OC[C@H](COP(=O)(O)OC[C@@H](O)COP(=O)(O)O)OC(=O)CCCCCCCCC(C)C. The molecule has 0 aliphatic rings. The Morgan fingerprint density at radius 1 is 0.643 bits per heavy atom. The fourth-order valence-corrected chi connectivity index (χ4v) is 5.80. The maximum Gasteiger partial charge on any atom is 0.472 e. The molecule has 4 atom stereocenters. The molecular weight excluding hydrogens is 766 g/mol. The first kappa shape index (κ1) is 53.5. The van der Waals surface area contributed by atoms with Gasteiger partial charge in [-0.3, -0.25) is 23.2 Å². The van der Waals surface area contributed by atoms with E-state index in [1.54, 1.807) is 24.3 Å². The van der Waals surface area contributed by atoms with Gasteiger partial charge in [-0.2, -0.15) is 0 Å². The number of esters is 2. The maximum absolute atomic E-state index is 12.6. The number of carbonyl (C=O) groups excluding carboxylic acids is 2. The fourth-order valence-electron chi connectivity index (χ4n) is 4.64. The molecule has 0 heterocycles. The van der Waals surface area contributed by atoms with Crippen LogP contribution < -0.4 is 0 Å². The number of hydrogen-bond acceptors (Lipinski definition) is 11. The van der Waals surface area contributed by atoms with Gasteiger partial charge in [-0.05, 0) is 50.9 Å². The lowest BCUT2D eigenvalue weighted by atomic mass is 10.0. The molecule has 14 nitrogen and oxygen atoms in total. The number of unbranched alkanes of at least 4 members (excludes halogenated alkanes) is 5. The van der Waals surface area contributed by atoms with E-state index in [0.717, 1.165) is 51.4 Å². The Kier molecular flexibility index (Phi) is 33.0. The highest BCUT2D eigenvalue weighted by Gasteiger charge is 2.28. The summed E-state index contributed by atoms with van der Waals surface area (Å²) in [6.45, 7) is 3.59. The number of rotatable bonds is 35. The molecule has 2 unspecified atom stereocenters. The van der Waals surface area contributed by atoms with Gasteiger partial charge in [0, 0.05) is 12.8 Å². The van der Waals surface area contributed by atoms with Crippen LogP contribution in [0.15, 0.2) is 72.9 Å². The van der Waals surface area contributed by atoms with Crippen molar-refractivity contribution in [3.05, 3.63) is 72.9 Å². The van der Waals surface area contributed by atoms with Crippen molar-refractivity contribution in [2.75, 3.05) is 26.4 Å². The highest BCUT2D eigenvalue weighted by Crippen LogP contribution is 2.43. The van der Waals surface area contributed by atoms with Gasteiger partial charge in [0.2, 0.25) is 0 Å². The van der Waals surface area contributed by atoms with E-state index >= 15 is 0 Å². The van der Waals surface area contributed by atoms with Gasteiger partial charge in [0.1, 0.15) is 12.7 Å². The molecule has 5 N–H and O–H groups in total. The van der Waals surface area contributed by atoms with E-state index < -0.39 is 72.3 Å². The Balaban J connectivity index is 4.74. The molecule has 0 fully saturated rings. The molecule has 0 saturated heterocycles. The minimum Gasteiger partial charge on any atom is -0.462 e. The zero-order valence-corrected chi connectivity index (χ0v) is 35.3.